The molecular formula is C15H22O10. The predicted octanol–water partition coefficient (Wildman–Crippen LogP) is -0.284. The largest absolute Gasteiger partial charge is 0.462 e. The minimum atomic E-state index is -1.12. The Morgan fingerprint density at radius 1 is 0.880 bits per heavy atom. The average Bonchev–Trinajstić information content (AvgIpc) is 2.79. The van der Waals surface area contributed by atoms with Crippen molar-refractivity contribution in [2.24, 2.45) is 0 Å². The van der Waals surface area contributed by atoms with Crippen LogP contribution in [0.4, 0.5) is 0 Å². The van der Waals surface area contributed by atoms with Crippen molar-refractivity contribution in [1.82, 2.24) is 0 Å². The Labute approximate surface area is 144 Å². The van der Waals surface area contributed by atoms with Crippen LogP contribution in [0.3, 0.4) is 0 Å². The molecule has 10 heteroatoms. The highest BCUT2D eigenvalue weighted by molar-refractivity contribution is 5.68. The summed E-state index contributed by atoms with van der Waals surface area (Å²) in [5.41, 5.74) is 0. The zero-order chi connectivity index (χ0) is 19.1. The van der Waals surface area contributed by atoms with Gasteiger partial charge in [-0.05, 0) is 0 Å². The van der Waals surface area contributed by atoms with Crippen molar-refractivity contribution < 1.29 is 47.6 Å². The molecule has 1 aliphatic heterocycles. The van der Waals surface area contributed by atoms with Gasteiger partial charge in [-0.25, -0.2) is 0 Å². The van der Waals surface area contributed by atoms with Gasteiger partial charge in [-0.3, -0.25) is 19.2 Å². The number of methoxy groups -OCH3 is 1. The maximum Gasteiger partial charge on any atom is 0.303 e. The Morgan fingerprint density at radius 2 is 1.44 bits per heavy atom. The topological polar surface area (TPSA) is 124 Å². The number of rotatable bonds is 7. The maximum absolute atomic E-state index is 11.4. The van der Waals surface area contributed by atoms with Crippen molar-refractivity contribution in [3.05, 3.63) is 0 Å². The van der Waals surface area contributed by atoms with E-state index in [1.54, 1.807) is 0 Å². The lowest BCUT2D eigenvalue weighted by Gasteiger charge is -2.27. The molecule has 25 heavy (non-hydrogen) atoms. The summed E-state index contributed by atoms with van der Waals surface area (Å²) in [5, 5.41) is 0. The van der Waals surface area contributed by atoms with E-state index in [9.17, 15) is 19.2 Å². The predicted molar refractivity (Wildman–Crippen MR) is 79.0 cm³/mol. The lowest BCUT2D eigenvalue weighted by atomic mass is 10.1. The fourth-order valence-corrected chi connectivity index (χ4v) is 2.39. The molecule has 0 N–H and O–H groups in total. The molecule has 0 aromatic heterocycles. The van der Waals surface area contributed by atoms with Gasteiger partial charge in [0.1, 0.15) is 12.7 Å². The van der Waals surface area contributed by atoms with E-state index in [1.165, 1.54) is 21.0 Å². The third-order valence-corrected chi connectivity index (χ3v) is 3.18. The van der Waals surface area contributed by atoms with Crippen LogP contribution in [0.5, 0.6) is 0 Å². The lowest BCUT2D eigenvalue weighted by Crippen LogP contribution is -2.46. The van der Waals surface area contributed by atoms with Gasteiger partial charge in [-0.1, -0.05) is 0 Å². The van der Waals surface area contributed by atoms with Crippen molar-refractivity contribution in [1.29, 1.82) is 0 Å². The molecule has 0 saturated carbocycles. The quantitative estimate of drug-likeness (QED) is 0.441. The fraction of sp³-hybridized carbons (Fsp3) is 0.733. The minimum absolute atomic E-state index is 0.333. The summed E-state index contributed by atoms with van der Waals surface area (Å²) in [7, 11) is 1.31. The van der Waals surface area contributed by atoms with Gasteiger partial charge in [0.05, 0.1) is 0 Å². The zero-order valence-electron chi connectivity index (χ0n) is 14.7. The summed E-state index contributed by atoms with van der Waals surface area (Å²) in [6.07, 6.45) is -5.42. The van der Waals surface area contributed by atoms with E-state index in [4.69, 9.17) is 28.4 Å². The van der Waals surface area contributed by atoms with Crippen LogP contribution in [0.2, 0.25) is 0 Å². The van der Waals surface area contributed by atoms with Crippen LogP contribution < -0.4 is 0 Å². The molecule has 5 unspecified atom stereocenters. The van der Waals surface area contributed by atoms with Crippen molar-refractivity contribution in [3.63, 3.8) is 0 Å². The zero-order valence-corrected chi connectivity index (χ0v) is 14.7. The number of carbonyl (C=O) groups excluding carboxylic acids is 4. The highest BCUT2D eigenvalue weighted by Gasteiger charge is 2.53. The van der Waals surface area contributed by atoms with E-state index in [0.717, 1.165) is 13.8 Å². The van der Waals surface area contributed by atoms with Crippen LogP contribution >= 0.6 is 0 Å². The van der Waals surface area contributed by atoms with E-state index in [-0.39, 0.29) is 6.61 Å². The molecule has 0 amide bonds. The minimum Gasteiger partial charge on any atom is -0.462 e. The summed E-state index contributed by atoms with van der Waals surface area (Å²) >= 11 is 0. The van der Waals surface area contributed by atoms with Crippen molar-refractivity contribution >= 4 is 23.9 Å². The summed E-state index contributed by atoms with van der Waals surface area (Å²) < 4.78 is 31.0. The van der Waals surface area contributed by atoms with E-state index < -0.39 is 54.6 Å². The van der Waals surface area contributed by atoms with Crippen LogP contribution in [0.25, 0.3) is 0 Å². The third-order valence-electron chi connectivity index (χ3n) is 3.18. The SMILES string of the molecule is COC1OC(C(COC(C)=O)OC(C)=O)C(OC(C)=O)C1OC(C)=O. The van der Waals surface area contributed by atoms with Crippen LogP contribution in [-0.2, 0) is 47.6 Å². The highest BCUT2D eigenvalue weighted by Crippen LogP contribution is 2.31. The Morgan fingerprint density at radius 3 is 1.88 bits per heavy atom. The molecule has 0 spiro atoms. The van der Waals surface area contributed by atoms with Crippen LogP contribution in [-0.4, -0.2) is 68.3 Å². The van der Waals surface area contributed by atoms with Gasteiger partial charge in [0.25, 0.3) is 0 Å². The second-order valence-electron chi connectivity index (χ2n) is 5.30. The molecule has 142 valence electrons. The van der Waals surface area contributed by atoms with E-state index in [1.807, 2.05) is 0 Å². The first-order chi connectivity index (χ1) is 11.6. The summed E-state index contributed by atoms with van der Waals surface area (Å²) in [5.74, 6) is -2.56. The van der Waals surface area contributed by atoms with Crippen LogP contribution in [0, 0.1) is 0 Å². The van der Waals surface area contributed by atoms with Gasteiger partial charge >= 0.3 is 23.9 Å². The molecule has 0 aliphatic carbocycles. The lowest BCUT2D eigenvalue weighted by molar-refractivity contribution is -0.191. The second-order valence-corrected chi connectivity index (χ2v) is 5.30. The molecule has 5 atom stereocenters. The molecule has 0 bridgehead atoms. The molecule has 0 radical (unpaired) electrons. The molecule has 1 saturated heterocycles. The number of carbonyl (C=O) groups is 4. The van der Waals surface area contributed by atoms with E-state index in [2.05, 4.69) is 0 Å². The fourth-order valence-electron chi connectivity index (χ4n) is 2.39. The van der Waals surface area contributed by atoms with Gasteiger partial charge in [-0.2, -0.15) is 0 Å². The number of hydrogen-bond acceptors (Lipinski definition) is 10. The first-order valence-electron chi connectivity index (χ1n) is 7.49. The summed E-state index contributed by atoms with van der Waals surface area (Å²) in [6, 6.07) is 0. The smallest absolute Gasteiger partial charge is 0.303 e. The molecule has 1 heterocycles. The van der Waals surface area contributed by atoms with Crippen LogP contribution in [0.1, 0.15) is 27.7 Å². The first-order valence-corrected chi connectivity index (χ1v) is 7.49. The molecule has 1 aliphatic rings. The standard InChI is InChI=1S/C15H22O10/c1-7(16)21-6-11(22-8(2)17)12-13(23-9(3)18)14(24-10(4)19)15(20-5)25-12/h11-15H,6H2,1-5H3. The van der Waals surface area contributed by atoms with Crippen molar-refractivity contribution in [3.8, 4) is 0 Å². The number of hydrogen-bond donors (Lipinski definition) is 0. The summed E-state index contributed by atoms with van der Waals surface area (Å²) in [4.78, 5) is 45.2. The van der Waals surface area contributed by atoms with Crippen molar-refractivity contribution in [2.75, 3.05) is 13.7 Å². The van der Waals surface area contributed by atoms with Crippen LogP contribution in [0.15, 0.2) is 0 Å². The first kappa shape index (κ1) is 20.8. The highest BCUT2D eigenvalue weighted by atomic mass is 16.7. The van der Waals surface area contributed by atoms with E-state index >= 15 is 0 Å². The van der Waals surface area contributed by atoms with E-state index in [0.29, 0.717) is 0 Å². The average molecular weight is 362 g/mol. The van der Waals surface area contributed by atoms with Gasteiger partial charge in [0.2, 0.25) is 0 Å². The Bertz CT molecular complexity index is 516. The molecule has 0 aromatic carbocycles. The van der Waals surface area contributed by atoms with Gasteiger partial charge in [-0.15, -0.1) is 0 Å². The van der Waals surface area contributed by atoms with Gasteiger partial charge in [0, 0.05) is 34.8 Å². The van der Waals surface area contributed by atoms with Gasteiger partial charge in [0.15, 0.2) is 24.6 Å². The number of ether oxygens (including phenoxy) is 6. The Balaban J connectivity index is 3.10. The maximum atomic E-state index is 11.4. The second kappa shape index (κ2) is 9.33. The third kappa shape index (κ3) is 6.31. The molecule has 1 fully saturated rings. The molecule has 1 rings (SSSR count). The Hall–Kier alpha value is -2.20. The molecule has 10 nitrogen and oxygen atoms in total. The normalized spacial score (nSPS) is 26.4. The summed E-state index contributed by atoms with van der Waals surface area (Å²) in [6.45, 7) is 4.35. The van der Waals surface area contributed by atoms with Gasteiger partial charge < -0.3 is 28.4 Å². The molecule has 0 aromatic rings. The number of esters is 4. The molecular weight excluding hydrogens is 340 g/mol. The van der Waals surface area contributed by atoms with Crippen molar-refractivity contribution in [2.45, 2.75) is 58.4 Å². The Kier molecular flexibility index (Phi) is 7.78. The monoisotopic (exact) mass is 362 g/mol.